The average molecular weight is 387 g/mol. The van der Waals surface area contributed by atoms with Gasteiger partial charge in [0.2, 0.25) is 0 Å². The highest BCUT2D eigenvalue weighted by atomic mass is 16.5. The molecule has 160 valence electrons. The van der Waals surface area contributed by atoms with Gasteiger partial charge in [0.05, 0.1) is 26.1 Å². The fourth-order valence-electron chi connectivity index (χ4n) is 2.07. The Balaban J connectivity index is 3.59. The molecule has 0 saturated heterocycles. The molecular formula is C21H42N2O4. The third-order valence-electron chi connectivity index (χ3n) is 4.10. The minimum Gasteiger partial charge on any atom is -0.466 e. The predicted molar refractivity (Wildman–Crippen MR) is 110 cm³/mol. The Bertz CT molecular complexity index is 425. The lowest BCUT2D eigenvalue weighted by Crippen LogP contribution is -2.32. The van der Waals surface area contributed by atoms with Gasteiger partial charge in [0.1, 0.15) is 0 Å². The first-order valence-corrected chi connectivity index (χ1v) is 10.1. The molecule has 0 heterocycles. The van der Waals surface area contributed by atoms with Gasteiger partial charge in [-0.05, 0) is 30.7 Å². The number of carbonyl (C=O) groups is 2. The van der Waals surface area contributed by atoms with Crippen LogP contribution in [0.25, 0.3) is 0 Å². The van der Waals surface area contributed by atoms with Crippen LogP contribution in [0.2, 0.25) is 0 Å². The summed E-state index contributed by atoms with van der Waals surface area (Å²) in [7, 11) is 1.98. The first-order valence-electron chi connectivity index (χ1n) is 10.1. The van der Waals surface area contributed by atoms with Crippen LogP contribution in [-0.4, -0.2) is 63.3 Å². The maximum atomic E-state index is 11.7. The number of rotatable bonds is 13. The number of hydrogen-bond acceptors (Lipinski definition) is 6. The summed E-state index contributed by atoms with van der Waals surface area (Å²) in [6.45, 7) is 16.6. The number of esters is 2. The van der Waals surface area contributed by atoms with Gasteiger partial charge in [-0.2, -0.15) is 0 Å². The Hall–Kier alpha value is -1.14. The summed E-state index contributed by atoms with van der Waals surface area (Å²) in [6, 6.07) is 0. The number of nitrogens with zero attached hydrogens (tertiary/aromatic N) is 1. The Kier molecular flexibility index (Phi) is 12.6. The zero-order chi connectivity index (χ0) is 20.9. The van der Waals surface area contributed by atoms with Crippen LogP contribution >= 0.6 is 0 Å². The van der Waals surface area contributed by atoms with Crippen molar-refractivity contribution in [1.82, 2.24) is 10.2 Å². The summed E-state index contributed by atoms with van der Waals surface area (Å²) < 4.78 is 10.5. The Morgan fingerprint density at radius 3 is 1.74 bits per heavy atom. The van der Waals surface area contributed by atoms with Crippen molar-refractivity contribution in [1.29, 1.82) is 0 Å². The van der Waals surface area contributed by atoms with Gasteiger partial charge < -0.3 is 19.7 Å². The SMILES string of the molecule is CN(CCNCCC(=O)OCCC(C)(C)C)CCC(=O)OCCC(C)(C)C. The highest BCUT2D eigenvalue weighted by molar-refractivity contribution is 5.69. The molecule has 6 heteroatoms. The van der Waals surface area contributed by atoms with Crippen molar-refractivity contribution in [3.63, 3.8) is 0 Å². The van der Waals surface area contributed by atoms with E-state index in [1.54, 1.807) is 0 Å². The third kappa shape index (κ3) is 19.4. The van der Waals surface area contributed by atoms with Gasteiger partial charge in [-0.25, -0.2) is 0 Å². The van der Waals surface area contributed by atoms with Gasteiger partial charge in [0.15, 0.2) is 0 Å². The fourth-order valence-corrected chi connectivity index (χ4v) is 2.07. The summed E-state index contributed by atoms with van der Waals surface area (Å²) >= 11 is 0. The van der Waals surface area contributed by atoms with Gasteiger partial charge in [-0.15, -0.1) is 0 Å². The molecule has 27 heavy (non-hydrogen) atoms. The maximum Gasteiger partial charge on any atom is 0.307 e. The van der Waals surface area contributed by atoms with Crippen molar-refractivity contribution in [3.05, 3.63) is 0 Å². The smallest absolute Gasteiger partial charge is 0.307 e. The van der Waals surface area contributed by atoms with Crippen LogP contribution in [0.3, 0.4) is 0 Å². The van der Waals surface area contributed by atoms with E-state index in [4.69, 9.17) is 9.47 Å². The largest absolute Gasteiger partial charge is 0.466 e. The summed E-state index contributed by atoms with van der Waals surface area (Å²) in [4.78, 5) is 25.4. The van der Waals surface area contributed by atoms with E-state index >= 15 is 0 Å². The quantitative estimate of drug-likeness (QED) is 0.387. The first kappa shape index (κ1) is 25.9. The Morgan fingerprint density at radius 1 is 0.778 bits per heavy atom. The topological polar surface area (TPSA) is 67.9 Å². The van der Waals surface area contributed by atoms with Gasteiger partial charge in [0.25, 0.3) is 0 Å². The highest BCUT2D eigenvalue weighted by Crippen LogP contribution is 2.18. The van der Waals surface area contributed by atoms with Gasteiger partial charge >= 0.3 is 11.9 Å². The molecule has 0 spiro atoms. The molecule has 0 aliphatic rings. The molecular weight excluding hydrogens is 344 g/mol. The summed E-state index contributed by atoms with van der Waals surface area (Å²) in [5.41, 5.74) is 0.365. The molecule has 1 N–H and O–H groups in total. The number of ether oxygens (including phenoxy) is 2. The van der Waals surface area contributed by atoms with Gasteiger partial charge in [0, 0.05) is 26.2 Å². The molecule has 0 saturated carbocycles. The van der Waals surface area contributed by atoms with Crippen molar-refractivity contribution in [2.75, 3.05) is 46.4 Å². The van der Waals surface area contributed by atoms with Crippen molar-refractivity contribution in [2.24, 2.45) is 10.8 Å². The first-order chi connectivity index (χ1) is 12.4. The zero-order valence-electron chi connectivity index (χ0n) is 18.7. The van der Waals surface area contributed by atoms with Crippen LogP contribution in [0.15, 0.2) is 0 Å². The minimum atomic E-state index is -0.155. The molecule has 0 aliphatic carbocycles. The third-order valence-corrected chi connectivity index (χ3v) is 4.10. The molecule has 0 fully saturated rings. The van der Waals surface area contributed by atoms with E-state index in [0.717, 1.165) is 25.9 Å². The van der Waals surface area contributed by atoms with E-state index in [1.807, 2.05) is 7.05 Å². The normalized spacial score (nSPS) is 12.3. The van der Waals surface area contributed by atoms with Crippen molar-refractivity contribution in [2.45, 2.75) is 67.2 Å². The molecule has 0 amide bonds. The summed E-state index contributed by atoms with van der Waals surface area (Å²) in [6.07, 6.45) is 2.53. The Labute approximate surface area is 166 Å². The number of carbonyl (C=O) groups excluding carboxylic acids is 2. The van der Waals surface area contributed by atoms with Crippen LogP contribution < -0.4 is 5.32 Å². The van der Waals surface area contributed by atoms with Crippen molar-refractivity contribution in [3.8, 4) is 0 Å². The Morgan fingerprint density at radius 2 is 1.26 bits per heavy atom. The second kappa shape index (κ2) is 13.1. The molecule has 0 aromatic carbocycles. The van der Waals surface area contributed by atoms with Gasteiger partial charge in [-0.3, -0.25) is 9.59 Å². The number of likely N-dealkylation sites (N-methyl/N-ethyl adjacent to an activating group) is 1. The monoisotopic (exact) mass is 386 g/mol. The molecule has 0 aromatic heterocycles. The molecule has 0 rings (SSSR count). The van der Waals surface area contributed by atoms with E-state index in [2.05, 4.69) is 51.8 Å². The molecule has 0 radical (unpaired) electrons. The lowest BCUT2D eigenvalue weighted by Gasteiger charge is -2.19. The van der Waals surface area contributed by atoms with E-state index in [1.165, 1.54) is 0 Å². The van der Waals surface area contributed by atoms with E-state index in [0.29, 0.717) is 39.1 Å². The number of nitrogens with one attached hydrogen (secondary N) is 1. The highest BCUT2D eigenvalue weighted by Gasteiger charge is 2.13. The van der Waals surface area contributed by atoms with E-state index in [9.17, 15) is 9.59 Å². The molecule has 6 nitrogen and oxygen atoms in total. The van der Waals surface area contributed by atoms with Crippen molar-refractivity contribution >= 4 is 11.9 Å². The summed E-state index contributed by atoms with van der Waals surface area (Å²) in [5, 5.41) is 3.23. The maximum absolute atomic E-state index is 11.7. The second-order valence-electron chi connectivity index (χ2n) is 9.62. The van der Waals surface area contributed by atoms with Crippen LogP contribution in [0.5, 0.6) is 0 Å². The average Bonchev–Trinajstić information content (AvgIpc) is 2.50. The van der Waals surface area contributed by atoms with Crippen LogP contribution in [-0.2, 0) is 19.1 Å². The zero-order valence-corrected chi connectivity index (χ0v) is 18.7. The van der Waals surface area contributed by atoms with Crippen LogP contribution in [0.1, 0.15) is 67.2 Å². The van der Waals surface area contributed by atoms with E-state index in [-0.39, 0.29) is 22.8 Å². The lowest BCUT2D eigenvalue weighted by molar-refractivity contribution is -0.145. The molecule has 0 unspecified atom stereocenters. The number of hydrogen-bond donors (Lipinski definition) is 1. The molecule has 0 bridgehead atoms. The van der Waals surface area contributed by atoms with Crippen LogP contribution in [0, 0.1) is 10.8 Å². The molecule has 0 aliphatic heterocycles. The van der Waals surface area contributed by atoms with Crippen LogP contribution in [0.4, 0.5) is 0 Å². The summed E-state index contributed by atoms with van der Waals surface area (Å²) in [5.74, 6) is -0.296. The predicted octanol–water partition coefficient (Wildman–Crippen LogP) is 3.25. The lowest BCUT2D eigenvalue weighted by atomic mass is 9.93. The van der Waals surface area contributed by atoms with Crippen molar-refractivity contribution < 1.29 is 19.1 Å². The van der Waals surface area contributed by atoms with Gasteiger partial charge in [-0.1, -0.05) is 41.5 Å². The standard InChI is InChI=1S/C21H42N2O4/c1-20(2,3)10-16-26-18(24)8-12-22-13-15-23(7)14-9-19(25)27-17-11-21(4,5)6/h22H,8-17H2,1-7H3. The van der Waals surface area contributed by atoms with E-state index < -0.39 is 0 Å². The minimum absolute atomic E-state index is 0.142. The second-order valence-corrected chi connectivity index (χ2v) is 9.62. The molecule has 0 atom stereocenters. The molecule has 0 aromatic rings. The fraction of sp³-hybridized carbons (Fsp3) is 0.905.